The van der Waals surface area contributed by atoms with Crippen LogP contribution in [0.4, 0.5) is 0 Å². The molecule has 2 aromatic rings. The van der Waals surface area contributed by atoms with Gasteiger partial charge in [0.1, 0.15) is 12.4 Å². The Balaban J connectivity index is 2.18. The third kappa shape index (κ3) is 3.64. The van der Waals surface area contributed by atoms with Crippen molar-refractivity contribution in [2.24, 2.45) is 0 Å². The third-order valence-corrected chi connectivity index (χ3v) is 3.74. The lowest BCUT2D eigenvalue weighted by molar-refractivity contribution is 0.287. The summed E-state index contributed by atoms with van der Waals surface area (Å²) in [4.78, 5) is 4.21. The van der Waals surface area contributed by atoms with E-state index < -0.39 is 0 Å². The van der Waals surface area contributed by atoms with Crippen LogP contribution in [0.5, 0.6) is 5.75 Å². The third-order valence-electron chi connectivity index (χ3n) is 3.74. The predicted octanol–water partition coefficient (Wildman–Crippen LogP) is 3.63. The number of hydrogen-bond acceptors (Lipinski definition) is 3. The van der Waals surface area contributed by atoms with E-state index in [1.165, 1.54) is 11.1 Å². The molecule has 1 unspecified atom stereocenters. The molecule has 21 heavy (non-hydrogen) atoms. The van der Waals surface area contributed by atoms with Crippen LogP contribution < -0.4 is 10.1 Å². The van der Waals surface area contributed by atoms with Crippen LogP contribution in [-0.4, -0.2) is 16.6 Å². The van der Waals surface area contributed by atoms with E-state index in [2.05, 4.69) is 60.8 Å². The predicted molar refractivity (Wildman–Crippen MR) is 85.6 cm³/mol. The Bertz CT molecular complexity index is 589. The van der Waals surface area contributed by atoms with Gasteiger partial charge in [-0.25, -0.2) is 4.98 Å². The maximum atomic E-state index is 6.05. The minimum absolute atomic E-state index is 0.259. The van der Waals surface area contributed by atoms with E-state index in [1.54, 1.807) is 0 Å². The molecule has 0 aliphatic rings. The Kier molecular flexibility index (Phi) is 5.02. The minimum atomic E-state index is 0.259. The molecule has 1 aromatic carbocycles. The second kappa shape index (κ2) is 6.76. The Hall–Kier alpha value is -1.81. The van der Waals surface area contributed by atoms with Gasteiger partial charge in [0.2, 0.25) is 0 Å². The molecule has 1 atom stereocenters. The van der Waals surface area contributed by atoms with Gasteiger partial charge in [-0.05, 0) is 40.8 Å². The van der Waals surface area contributed by atoms with E-state index in [1.807, 2.05) is 19.6 Å². The molecular weight excluding hydrogens is 262 g/mol. The molecule has 1 N–H and O–H groups in total. The maximum absolute atomic E-state index is 6.05. The van der Waals surface area contributed by atoms with Crippen molar-refractivity contribution in [3.05, 3.63) is 47.5 Å². The fourth-order valence-electron chi connectivity index (χ4n) is 2.35. The van der Waals surface area contributed by atoms with E-state index in [4.69, 9.17) is 4.74 Å². The summed E-state index contributed by atoms with van der Waals surface area (Å²) in [7, 11) is 1.96. The lowest BCUT2D eigenvalue weighted by atomic mass is 10.0. The Labute approximate surface area is 127 Å². The second-order valence-corrected chi connectivity index (χ2v) is 5.73. The first kappa shape index (κ1) is 15.6. The van der Waals surface area contributed by atoms with Gasteiger partial charge in [-0.3, -0.25) is 0 Å². The summed E-state index contributed by atoms with van der Waals surface area (Å²) in [6, 6.07) is 6.96. The number of aryl methyl sites for hydroxylation is 1. The van der Waals surface area contributed by atoms with Crippen molar-refractivity contribution in [1.29, 1.82) is 0 Å². The molecule has 114 valence electrons. The average molecular weight is 287 g/mol. The summed E-state index contributed by atoms with van der Waals surface area (Å²) in [5.74, 6) is 0.930. The van der Waals surface area contributed by atoms with Crippen LogP contribution >= 0.6 is 0 Å². The summed E-state index contributed by atoms with van der Waals surface area (Å²) in [6.07, 6.45) is 3.73. The molecular formula is C17H25N3O. The van der Waals surface area contributed by atoms with E-state index in [0.717, 1.165) is 11.4 Å². The first-order valence-corrected chi connectivity index (χ1v) is 7.44. The summed E-state index contributed by atoms with van der Waals surface area (Å²) >= 11 is 0. The fourth-order valence-corrected chi connectivity index (χ4v) is 2.35. The SMILES string of the molecule is CNC(C)c1cc(C)ccc1OCc1cncn1C(C)C. The zero-order valence-electron chi connectivity index (χ0n) is 13.6. The number of nitrogens with one attached hydrogen (secondary N) is 1. The van der Waals surface area contributed by atoms with E-state index in [9.17, 15) is 0 Å². The molecule has 1 aromatic heterocycles. The number of rotatable bonds is 6. The molecule has 0 radical (unpaired) electrons. The molecule has 0 aliphatic heterocycles. The topological polar surface area (TPSA) is 39.1 Å². The summed E-state index contributed by atoms with van der Waals surface area (Å²) in [5.41, 5.74) is 3.52. The van der Waals surface area contributed by atoms with Crippen molar-refractivity contribution >= 4 is 0 Å². The van der Waals surface area contributed by atoms with E-state index in [-0.39, 0.29) is 6.04 Å². The monoisotopic (exact) mass is 287 g/mol. The molecule has 1 heterocycles. The van der Waals surface area contributed by atoms with Crippen molar-refractivity contribution < 1.29 is 4.74 Å². The molecule has 0 saturated heterocycles. The number of nitrogens with zero attached hydrogens (tertiary/aromatic N) is 2. The standard InChI is InChI=1S/C17H25N3O/c1-12(2)20-11-19-9-15(20)10-21-17-7-6-13(3)8-16(17)14(4)18-5/h6-9,11-12,14,18H,10H2,1-5H3. The van der Waals surface area contributed by atoms with Crippen molar-refractivity contribution in [3.63, 3.8) is 0 Å². The van der Waals surface area contributed by atoms with E-state index >= 15 is 0 Å². The van der Waals surface area contributed by atoms with Gasteiger partial charge in [0.25, 0.3) is 0 Å². The van der Waals surface area contributed by atoms with Crippen molar-refractivity contribution in [2.45, 2.75) is 46.4 Å². The van der Waals surface area contributed by atoms with Crippen LogP contribution in [0.2, 0.25) is 0 Å². The van der Waals surface area contributed by atoms with Gasteiger partial charge in [-0.15, -0.1) is 0 Å². The van der Waals surface area contributed by atoms with Gasteiger partial charge in [0, 0.05) is 17.6 Å². The molecule has 2 rings (SSSR count). The average Bonchev–Trinajstić information content (AvgIpc) is 2.93. The number of benzene rings is 1. The molecule has 0 spiro atoms. The van der Waals surface area contributed by atoms with Crippen LogP contribution in [-0.2, 0) is 6.61 Å². The highest BCUT2D eigenvalue weighted by atomic mass is 16.5. The van der Waals surface area contributed by atoms with Crippen molar-refractivity contribution in [1.82, 2.24) is 14.9 Å². The highest BCUT2D eigenvalue weighted by molar-refractivity contribution is 5.39. The van der Waals surface area contributed by atoms with Gasteiger partial charge in [-0.2, -0.15) is 0 Å². The summed E-state index contributed by atoms with van der Waals surface area (Å²) in [6.45, 7) is 9.06. The van der Waals surface area contributed by atoms with Crippen molar-refractivity contribution in [2.75, 3.05) is 7.05 Å². The second-order valence-electron chi connectivity index (χ2n) is 5.73. The zero-order valence-corrected chi connectivity index (χ0v) is 13.6. The van der Waals surface area contributed by atoms with Crippen LogP contribution in [0.3, 0.4) is 0 Å². The lowest BCUT2D eigenvalue weighted by Crippen LogP contribution is -2.14. The Morgan fingerprint density at radius 3 is 2.71 bits per heavy atom. The molecule has 0 bridgehead atoms. The minimum Gasteiger partial charge on any atom is -0.487 e. The van der Waals surface area contributed by atoms with Crippen LogP contribution in [0.1, 0.15) is 49.7 Å². The highest BCUT2D eigenvalue weighted by Gasteiger charge is 2.12. The maximum Gasteiger partial charge on any atom is 0.130 e. The number of hydrogen-bond donors (Lipinski definition) is 1. The first-order chi connectivity index (χ1) is 10.0. The lowest BCUT2D eigenvalue weighted by Gasteiger charge is -2.18. The first-order valence-electron chi connectivity index (χ1n) is 7.44. The molecule has 0 saturated carbocycles. The normalized spacial score (nSPS) is 12.7. The smallest absolute Gasteiger partial charge is 0.130 e. The number of imidazole rings is 1. The number of ether oxygens (including phenoxy) is 1. The number of aromatic nitrogens is 2. The van der Waals surface area contributed by atoms with Crippen molar-refractivity contribution in [3.8, 4) is 5.75 Å². The van der Waals surface area contributed by atoms with Gasteiger partial charge in [-0.1, -0.05) is 17.7 Å². The van der Waals surface area contributed by atoms with Gasteiger partial charge >= 0.3 is 0 Å². The molecule has 4 heteroatoms. The van der Waals surface area contributed by atoms with Gasteiger partial charge < -0.3 is 14.6 Å². The Morgan fingerprint density at radius 2 is 2.05 bits per heavy atom. The molecule has 4 nitrogen and oxygen atoms in total. The Morgan fingerprint density at radius 1 is 1.29 bits per heavy atom. The fraction of sp³-hybridized carbons (Fsp3) is 0.471. The van der Waals surface area contributed by atoms with E-state index in [0.29, 0.717) is 12.6 Å². The summed E-state index contributed by atoms with van der Waals surface area (Å²) < 4.78 is 8.18. The quantitative estimate of drug-likeness (QED) is 0.881. The van der Waals surface area contributed by atoms with Crippen LogP contribution in [0.25, 0.3) is 0 Å². The van der Waals surface area contributed by atoms with Gasteiger partial charge in [0.15, 0.2) is 0 Å². The molecule has 0 amide bonds. The zero-order chi connectivity index (χ0) is 15.4. The van der Waals surface area contributed by atoms with Crippen LogP contribution in [0.15, 0.2) is 30.7 Å². The molecule has 0 fully saturated rings. The highest BCUT2D eigenvalue weighted by Crippen LogP contribution is 2.27. The molecule has 0 aliphatic carbocycles. The largest absolute Gasteiger partial charge is 0.487 e. The van der Waals surface area contributed by atoms with Crippen LogP contribution in [0, 0.1) is 6.92 Å². The summed E-state index contributed by atoms with van der Waals surface area (Å²) in [5, 5.41) is 3.27. The van der Waals surface area contributed by atoms with Gasteiger partial charge in [0.05, 0.1) is 18.2 Å².